The standard InChI is InChI=1S/Al.Ge.Mg.Zn. The third-order valence-corrected chi connectivity index (χ3v) is 0. The van der Waals surface area contributed by atoms with Crippen LogP contribution < -0.4 is 0 Å². The van der Waals surface area contributed by atoms with E-state index in [0.29, 0.717) is 0 Å². The van der Waals surface area contributed by atoms with Gasteiger partial charge < -0.3 is 0 Å². The fourth-order valence-corrected chi connectivity index (χ4v) is 0. The summed E-state index contributed by atoms with van der Waals surface area (Å²) < 4.78 is 0. The van der Waals surface area contributed by atoms with Crippen molar-refractivity contribution in [3.05, 3.63) is 0 Å². The van der Waals surface area contributed by atoms with Crippen LogP contribution in [0.2, 0.25) is 0 Å². The largest absolute Gasteiger partial charge is 0 e. The van der Waals surface area contributed by atoms with Gasteiger partial charge in [-0.15, -0.1) is 0 Å². The molecule has 0 fully saturated rings. The van der Waals surface area contributed by atoms with Crippen molar-refractivity contribution < 1.29 is 19.5 Å². The number of rotatable bonds is 0. The average Bonchev–Trinajstić information content (AvgIpc) is 0. The molecule has 0 aliphatic carbocycles. The Labute approximate surface area is 76.5 Å². The third-order valence-electron chi connectivity index (χ3n) is 0. The molecule has 11 valence electrons. The Bertz CT molecular complexity index is 8.00. The van der Waals surface area contributed by atoms with Crippen LogP contribution in [-0.2, 0) is 19.5 Å². The van der Waals surface area contributed by atoms with Crippen LogP contribution in [0, 0.1) is 0 Å². The molecule has 0 heterocycles. The maximum Gasteiger partial charge on any atom is 0 e. The minimum absolute atomic E-state index is 0. The van der Waals surface area contributed by atoms with E-state index in [1.807, 2.05) is 0 Å². The quantitative estimate of drug-likeness (QED) is 0.422. The first-order valence-corrected chi connectivity index (χ1v) is 0. The SMILES string of the molecule is [Al].[Ge].[Mg].[Zn]. The van der Waals surface area contributed by atoms with Gasteiger partial charge in [-0.25, -0.2) is 0 Å². The van der Waals surface area contributed by atoms with Crippen molar-refractivity contribution in [2.45, 2.75) is 0 Å². The van der Waals surface area contributed by atoms with Crippen molar-refractivity contribution in [2.75, 3.05) is 0 Å². The molecule has 4 heteroatoms. The van der Waals surface area contributed by atoms with Gasteiger partial charge in [0.25, 0.3) is 0 Å². The van der Waals surface area contributed by atoms with E-state index in [0.717, 1.165) is 0 Å². The van der Waals surface area contributed by atoms with Crippen molar-refractivity contribution in [3.8, 4) is 0 Å². The van der Waals surface area contributed by atoms with Gasteiger partial charge in [-0.1, -0.05) is 0 Å². The summed E-state index contributed by atoms with van der Waals surface area (Å²) in [5.74, 6) is 0. The van der Waals surface area contributed by atoms with Crippen molar-refractivity contribution in [2.24, 2.45) is 0 Å². The van der Waals surface area contributed by atoms with Crippen LogP contribution in [0.25, 0.3) is 0 Å². The van der Waals surface area contributed by atoms with Gasteiger partial charge in [-0.2, -0.15) is 0 Å². The maximum absolute atomic E-state index is 0. The van der Waals surface area contributed by atoms with Gasteiger partial charge in [0.15, 0.2) is 0 Å². The zero-order valence-corrected chi connectivity index (χ0v) is 10.1. The number of hydrogen-bond acceptors (Lipinski definition) is 0. The van der Waals surface area contributed by atoms with E-state index >= 15 is 0 Å². The van der Waals surface area contributed by atoms with Gasteiger partial charge in [0.1, 0.15) is 0 Å². The van der Waals surface area contributed by atoms with Crippen LogP contribution in [-0.4, -0.2) is 58.0 Å². The van der Waals surface area contributed by atoms with Crippen molar-refractivity contribution in [1.82, 2.24) is 0 Å². The summed E-state index contributed by atoms with van der Waals surface area (Å²) in [6, 6.07) is 0. The summed E-state index contributed by atoms with van der Waals surface area (Å²) in [5.41, 5.74) is 0. The van der Waals surface area contributed by atoms with Gasteiger partial charge in [-0.3, -0.25) is 0 Å². The molecule has 0 bridgehead atoms. The summed E-state index contributed by atoms with van der Waals surface area (Å²) in [5, 5.41) is 0. The van der Waals surface area contributed by atoms with E-state index in [2.05, 4.69) is 0 Å². The summed E-state index contributed by atoms with van der Waals surface area (Å²) in [6.45, 7) is 0. The van der Waals surface area contributed by atoms with E-state index in [4.69, 9.17) is 0 Å². The molecule has 0 unspecified atom stereocenters. The smallest absolute Gasteiger partial charge is 0 e. The molecule has 0 saturated carbocycles. The second-order valence-corrected chi connectivity index (χ2v) is 0. The Hall–Kier alpha value is 2.46. The normalized spacial score (nSPS) is 0. The molecule has 0 spiro atoms. The first-order chi connectivity index (χ1) is 0. The van der Waals surface area contributed by atoms with Gasteiger partial charge in [0, 0.05) is 77.5 Å². The molecule has 0 aliphatic rings. The van der Waals surface area contributed by atoms with Gasteiger partial charge in [0.05, 0.1) is 0 Å². The predicted octanol–water partition coefficient (Wildman–Crippen LogP) is -1.14. The van der Waals surface area contributed by atoms with Gasteiger partial charge in [-0.05, 0) is 0 Å². The van der Waals surface area contributed by atoms with Crippen molar-refractivity contribution in [3.63, 3.8) is 0 Å². The zero-order valence-electron chi connectivity index (χ0n) is 2.49. The molecule has 4 heavy (non-hydrogen) atoms. The molecule has 0 aromatic carbocycles. The van der Waals surface area contributed by atoms with Crippen LogP contribution >= 0.6 is 0 Å². The Morgan fingerprint density at radius 3 is 1.00 bits per heavy atom. The monoisotopic (exact) mass is 189 g/mol. The molecule has 9 radical (unpaired) electrons. The van der Waals surface area contributed by atoms with E-state index in [-0.39, 0.29) is 77.5 Å². The third kappa shape index (κ3) is 8.82. The Balaban J connectivity index is 0. The molecule has 0 aromatic heterocycles. The van der Waals surface area contributed by atoms with E-state index in [9.17, 15) is 0 Å². The minimum Gasteiger partial charge on any atom is 0 e. The van der Waals surface area contributed by atoms with E-state index < -0.39 is 0 Å². The molecular weight excluding hydrogens is 189 g/mol. The van der Waals surface area contributed by atoms with Crippen LogP contribution in [0.4, 0.5) is 0 Å². The molecule has 0 saturated heterocycles. The van der Waals surface area contributed by atoms with Gasteiger partial charge in [0.2, 0.25) is 0 Å². The summed E-state index contributed by atoms with van der Waals surface area (Å²) >= 11 is 0. The predicted molar refractivity (Wildman–Crippen MR) is 17.3 cm³/mol. The topological polar surface area (TPSA) is 0 Å². The van der Waals surface area contributed by atoms with E-state index in [1.165, 1.54) is 0 Å². The minimum atomic E-state index is 0. The fraction of sp³-hybridized carbons (Fsp3) is 0. The van der Waals surface area contributed by atoms with Crippen LogP contribution in [0.1, 0.15) is 0 Å². The van der Waals surface area contributed by atoms with Crippen LogP contribution in [0.3, 0.4) is 0 Å². The summed E-state index contributed by atoms with van der Waals surface area (Å²) in [6.07, 6.45) is 0. The first kappa shape index (κ1) is 31.8. The Morgan fingerprint density at radius 1 is 1.00 bits per heavy atom. The second kappa shape index (κ2) is 17.9. The van der Waals surface area contributed by atoms with E-state index in [1.54, 1.807) is 0 Å². The molecular formula is AlGeMgZn. The Morgan fingerprint density at radius 2 is 1.00 bits per heavy atom. The summed E-state index contributed by atoms with van der Waals surface area (Å²) in [7, 11) is 0. The molecule has 0 aliphatic heterocycles. The Kier molecular flexibility index (Phi) is 142. The molecule has 0 rings (SSSR count). The van der Waals surface area contributed by atoms with Crippen molar-refractivity contribution in [1.29, 1.82) is 0 Å². The molecule has 0 atom stereocenters. The molecule has 0 nitrogen and oxygen atoms in total. The van der Waals surface area contributed by atoms with Crippen LogP contribution in [0.15, 0.2) is 0 Å². The van der Waals surface area contributed by atoms with Crippen molar-refractivity contribution >= 4 is 58.0 Å². The molecule has 0 aromatic rings. The first-order valence-electron chi connectivity index (χ1n) is 0. The average molecular weight is 189 g/mol. The fourth-order valence-electron chi connectivity index (χ4n) is 0. The zero-order chi connectivity index (χ0) is 0. The van der Waals surface area contributed by atoms with Crippen LogP contribution in [0.5, 0.6) is 0 Å². The molecule has 0 amide bonds. The van der Waals surface area contributed by atoms with Gasteiger partial charge >= 0.3 is 0 Å². The summed E-state index contributed by atoms with van der Waals surface area (Å²) in [4.78, 5) is 0. The molecule has 0 N–H and O–H groups in total. The maximum atomic E-state index is 0. The second-order valence-electron chi connectivity index (χ2n) is 0. The number of hydrogen-bond donors (Lipinski definition) is 0.